The molecule has 0 bridgehead atoms. The number of rotatable bonds is 4. The van der Waals surface area contributed by atoms with Crippen molar-refractivity contribution in [3.05, 3.63) is 29.3 Å². The molecule has 0 heterocycles. The monoisotopic (exact) mass is 275 g/mol. The number of ether oxygens (including phenoxy) is 1. The highest BCUT2D eigenvalue weighted by Gasteiger charge is 2.23. The average molecular weight is 275 g/mol. The van der Waals surface area contributed by atoms with Gasteiger partial charge < -0.3 is 10.1 Å². The summed E-state index contributed by atoms with van der Waals surface area (Å²) < 4.78 is 6.33. The van der Waals surface area contributed by atoms with Crippen molar-refractivity contribution in [3.8, 4) is 5.75 Å². The number of hydrogen-bond donors (Lipinski definition) is 1. The second-order valence-corrected chi connectivity index (χ2v) is 6.06. The Hall–Kier alpha value is -1.02. The topological polar surface area (TPSA) is 21.3 Å². The first-order chi connectivity index (χ1) is 9.70. The standard InChI is InChI=1S/C18H29NO/c1-4-19-17-9-7-5-6-8-10-18(17)20-16-12-11-14(2)15(3)13-16/h11-13,17-19H,4-10H2,1-3H3. The number of likely N-dealkylation sites (N-methyl/N-ethyl adjacent to an activating group) is 1. The molecule has 112 valence electrons. The van der Waals surface area contributed by atoms with Crippen molar-refractivity contribution in [2.75, 3.05) is 6.54 Å². The van der Waals surface area contributed by atoms with Gasteiger partial charge in [-0.3, -0.25) is 0 Å². The Morgan fingerprint density at radius 3 is 2.50 bits per heavy atom. The Balaban J connectivity index is 2.06. The number of nitrogens with one attached hydrogen (secondary N) is 1. The molecule has 0 radical (unpaired) electrons. The second-order valence-electron chi connectivity index (χ2n) is 6.06. The Kier molecular flexibility index (Phi) is 5.90. The molecule has 2 atom stereocenters. The van der Waals surface area contributed by atoms with Crippen LogP contribution in [-0.2, 0) is 0 Å². The summed E-state index contributed by atoms with van der Waals surface area (Å²) in [6, 6.07) is 6.96. The highest BCUT2D eigenvalue weighted by molar-refractivity contribution is 5.34. The van der Waals surface area contributed by atoms with E-state index in [2.05, 4.69) is 44.3 Å². The number of hydrogen-bond acceptors (Lipinski definition) is 2. The summed E-state index contributed by atoms with van der Waals surface area (Å²) in [5.41, 5.74) is 2.64. The normalized spacial score (nSPS) is 23.9. The third kappa shape index (κ3) is 4.24. The zero-order valence-electron chi connectivity index (χ0n) is 13.2. The molecule has 1 aromatic carbocycles. The van der Waals surface area contributed by atoms with Gasteiger partial charge in [-0.15, -0.1) is 0 Å². The Labute approximate surface area is 123 Å². The van der Waals surface area contributed by atoms with Gasteiger partial charge in [-0.1, -0.05) is 32.3 Å². The quantitative estimate of drug-likeness (QED) is 0.880. The van der Waals surface area contributed by atoms with E-state index in [-0.39, 0.29) is 0 Å². The smallest absolute Gasteiger partial charge is 0.120 e. The van der Waals surface area contributed by atoms with Crippen LogP contribution in [-0.4, -0.2) is 18.7 Å². The molecule has 2 rings (SSSR count). The van der Waals surface area contributed by atoms with E-state index in [9.17, 15) is 0 Å². The van der Waals surface area contributed by atoms with Crippen LogP contribution in [0, 0.1) is 13.8 Å². The molecule has 0 aromatic heterocycles. The van der Waals surface area contributed by atoms with Gasteiger partial charge in [-0.2, -0.15) is 0 Å². The summed E-state index contributed by atoms with van der Waals surface area (Å²) in [7, 11) is 0. The fourth-order valence-corrected chi connectivity index (χ4v) is 3.05. The largest absolute Gasteiger partial charge is 0.489 e. The molecule has 2 nitrogen and oxygen atoms in total. The van der Waals surface area contributed by atoms with E-state index in [1.807, 2.05) is 0 Å². The molecule has 1 aromatic rings. The fraction of sp³-hybridized carbons (Fsp3) is 0.667. The van der Waals surface area contributed by atoms with Gasteiger partial charge in [0, 0.05) is 6.04 Å². The number of aryl methyl sites for hydroxylation is 2. The average Bonchev–Trinajstić information content (AvgIpc) is 2.41. The summed E-state index contributed by atoms with van der Waals surface area (Å²) in [6.07, 6.45) is 8.07. The molecule has 2 heteroatoms. The van der Waals surface area contributed by atoms with Crippen LogP contribution >= 0.6 is 0 Å². The Bertz CT molecular complexity index is 416. The van der Waals surface area contributed by atoms with Gasteiger partial charge in [0.2, 0.25) is 0 Å². The van der Waals surface area contributed by atoms with Crippen LogP contribution in [0.5, 0.6) is 5.75 Å². The van der Waals surface area contributed by atoms with Crippen LogP contribution < -0.4 is 10.1 Å². The van der Waals surface area contributed by atoms with Gasteiger partial charge in [0.25, 0.3) is 0 Å². The molecular formula is C18H29NO. The maximum absolute atomic E-state index is 6.33. The van der Waals surface area contributed by atoms with Crippen molar-refractivity contribution < 1.29 is 4.74 Å². The van der Waals surface area contributed by atoms with Crippen LogP contribution in [0.2, 0.25) is 0 Å². The molecule has 1 saturated carbocycles. The molecule has 0 spiro atoms. The SMILES string of the molecule is CCNC1CCCCCCC1Oc1ccc(C)c(C)c1. The minimum atomic E-state index is 0.317. The predicted molar refractivity (Wildman–Crippen MR) is 85.5 cm³/mol. The van der Waals surface area contributed by atoms with Crippen molar-refractivity contribution in [2.45, 2.75) is 71.4 Å². The molecule has 0 aliphatic heterocycles. The third-order valence-electron chi connectivity index (χ3n) is 4.43. The van der Waals surface area contributed by atoms with E-state index in [0.717, 1.165) is 12.3 Å². The van der Waals surface area contributed by atoms with Gasteiger partial charge >= 0.3 is 0 Å². The molecule has 0 saturated heterocycles. The first-order valence-corrected chi connectivity index (χ1v) is 8.18. The maximum atomic E-state index is 6.33. The lowest BCUT2D eigenvalue weighted by Gasteiger charge is -2.30. The van der Waals surface area contributed by atoms with E-state index in [1.165, 1.54) is 49.7 Å². The van der Waals surface area contributed by atoms with Crippen molar-refractivity contribution >= 4 is 0 Å². The minimum Gasteiger partial charge on any atom is -0.489 e. The van der Waals surface area contributed by atoms with Gasteiger partial charge in [0.1, 0.15) is 11.9 Å². The first kappa shape index (κ1) is 15.4. The fourth-order valence-electron chi connectivity index (χ4n) is 3.05. The lowest BCUT2D eigenvalue weighted by Crippen LogP contribution is -2.43. The third-order valence-corrected chi connectivity index (χ3v) is 4.43. The maximum Gasteiger partial charge on any atom is 0.120 e. The van der Waals surface area contributed by atoms with Crippen molar-refractivity contribution in [1.29, 1.82) is 0 Å². The summed E-state index contributed by atoms with van der Waals surface area (Å²) in [6.45, 7) is 7.52. The Morgan fingerprint density at radius 1 is 1.05 bits per heavy atom. The van der Waals surface area contributed by atoms with Gasteiger partial charge in [0.05, 0.1) is 0 Å². The molecule has 0 amide bonds. The lowest BCUT2D eigenvalue weighted by molar-refractivity contribution is 0.128. The predicted octanol–water partition coefficient (Wildman–Crippen LogP) is 4.38. The highest BCUT2D eigenvalue weighted by Crippen LogP contribution is 2.24. The van der Waals surface area contributed by atoms with Gasteiger partial charge in [0.15, 0.2) is 0 Å². The molecule has 20 heavy (non-hydrogen) atoms. The second kappa shape index (κ2) is 7.68. The zero-order valence-corrected chi connectivity index (χ0v) is 13.2. The molecule has 2 unspecified atom stereocenters. The van der Waals surface area contributed by atoms with Crippen molar-refractivity contribution in [1.82, 2.24) is 5.32 Å². The van der Waals surface area contributed by atoms with Crippen molar-refractivity contribution in [3.63, 3.8) is 0 Å². The van der Waals surface area contributed by atoms with Crippen molar-refractivity contribution in [2.24, 2.45) is 0 Å². The van der Waals surface area contributed by atoms with E-state index >= 15 is 0 Å². The highest BCUT2D eigenvalue weighted by atomic mass is 16.5. The van der Waals surface area contributed by atoms with Gasteiger partial charge in [-0.05, 0) is 62.9 Å². The molecule has 1 N–H and O–H groups in total. The summed E-state index contributed by atoms with van der Waals surface area (Å²) in [5, 5.41) is 3.62. The van der Waals surface area contributed by atoms with Crippen LogP contribution in [0.25, 0.3) is 0 Å². The van der Waals surface area contributed by atoms with Crippen LogP contribution in [0.4, 0.5) is 0 Å². The lowest BCUT2D eigenvalue weighted by atomic mass is 9.94. The first-order valence-electron chi connectivity index (χ1n) is 8.18. The molecule has 1 fully saturated rings. The summed E-state index contributed by atoms with van der Waals surface area (Å²) in [4.78, 5) is 0. The van der Waals surface area contributed by atoms with E-state index in [4.69, 9.17) is 4.74 Å². The summed E-state index contributed by atoms with van der Waals surface area (Å²) in [5.74, 6) is 1.03. The van der Waals surface area contributed by atoms with E-state index in [1.54, 1.807) is 0 Å². The minimum absolute atomic E-state index is 0.317. The van der Waals surface area contributed by atoms with Crippen LogP contribution in [0.3, 0.4) is 0 Å². The number of benzene rings is 1. The van der Waals surface area contributed by atoms with Crippen LogP contribution in [0.15, 0.2) is 18.2 Å². The zero-order chi connectivity index (χ0) is 14.4. The van der Waals surface area contributed by atoms with E-state index in [0.29, 0.717) is 12.1 Å². The molecule has 1 aliphatic rings. The molecule has 1 aliphatic carbocycles. The van der Waals surface area contributed by atoms with Gasteiger partial charge in [-0.25, -0.2) is 0 Å². The summed E-state index contributed by atoms with van der Waals surface area (Å²) >= 11 is 0. The molecular weight excluding hydrogens is 246 g/mol. The van der Waals surface area contributed by atoms with Crippen LogP contribution in [0.1, 0.15) is 56.6 Å². The van der Waals surface area contributed by atoms with E-state index < -0.39 is 0 Å². The Morgan fingerprint density at radius 2 is 1.80 bits per heavy atom.